The third-order valence-corrected chi connectivity index (χ3v) is 5.63. The van der Waals surface area contributed by atoms with Crippen LogP contribution in [0.25, 0.3) is 10.9 Å². The lowest BCUT2D eigenvalue weighted by molar-refractivity contribution is -0.141. The van der Waals surface area contributed by atoms with Gasteiger partial charge in [-0.3, -0.25) is 9.89 Å². The molecule has 4 aromatic rings. The fourth-order valence-corrected chi connectivity index (χ4v) is 3.87. The molecule has 1 aliphatic rings. The van der Waals surface area contributed by atoms with Crippen molar-refractivity contribution in [1.29, 1.82) is 0 Å². The van der Waals surface area contributed by atoms with Crippen molar-refractivity contribution in [3.05, 3.63) is 89.1 Å². The number of aromatic nitrogens is 2. The minimum atomic E-state index is -0.234. The molecule has 3 aromatic carbocycles. The molecule has 164 valence electrons. The van der Waals surface area contributed by atoms with Crippen LogP contribution in [0, 0.1) is 11.8 Å². The Labute approximate surface area is 191 Å². The zero-order chi connectivity index (χ0) is 22.6. The molecule has 0 spiro atoms. The van der Waals surface area contributed by atoms with Crippen LogP contribution in [0.1, 0.15) is 34.6 Å². The normalized spacial score (nSPS) is 14.2. The maximum atomic E-state index is 11.6. The summed E-state index contributed by atoms with van der Waals surface area (Å²) >= 11 is 0. The van der Waals surface area contributed by atoms with Gasteiger partial charge < -0.3 is 14.2 Å². The first-order valence-corrected chi connectivity index (χ1v) is 10.7. The zero-order valence-electron chi connectivity index (χ0n) is 18.1. The molecule has 2 heterocycles. The number of hydrogen-bond acceptors (Lipinski definition) is 5. The van der Waals surface area contributed by atoms with Gasteiger partial charge in [-0.1, -0.05) is 30.0 Å². The first-order chi connectivity index (χ1) is 16.2. The maximum absolute atomic E-state index is 11.6. The number of nitrogens with zero attached hydrogens (tertiary/aromatic N) is 1. The van der Waals surface area contributed by atoms with Gasteiger partial charge in [0, 0.05) is 34.1 Å². The number of H-pyrrole nitrogens is 1. The number of esters is 1. The molecule has 1 unspecified atom stereocenters. The van der Waals surface area contributed by atoms with Gasteiger partial charge in [-0.25, -0.2) is 0 Å². The van der Waals surface area contributed by atoms with Crippen LogP contribution in [0.3, 0.4) is 0 Å². The average Bonchev–Trinajstić information content (AvgIpc) is 3.48. The Balaban J connectivity index is 1.24. The summed E-state index contributed by atoms with van der Waals surface area (Å²) in [6, 6.07) is 19.7. The summed E-state index contributed by atoms with van der Waals surface area (Å²) in [6.07, 6.45) is 2.11. The SMILES string of the molecule is COC(=O)CC1COc2cc(OCc3cccc(C#Cc4ccc5[nH]ncc5c4)c3)ccc21. The van der Waals surface area contributed by atoms with Crippen molar-refractivity contribution in [3.8, 4) is 23.3 Å². The van der Waals surface area contributed by atoms with Gasteiger partial charge in [0.15, 0.2) is 0 Å². The number of carbonyl (C=O) groups excluding carboxylic acids is 1. The quantitative estimate of drug-likeness (QED) is 0.365. The molecule has 0 saturated carbocycles. The fourth-order valence-electron chi connectivity index (χ4n) is 3.87. The van der Waals surface area contributed by atoms with E-state index in [1.807, 2.05) is 60.7 Å². The van der Waals surface area contributed by atoms with Crippen LogP contribution >= 0.6 is 0 Å². The smallest absolute Gasteiger partial charge is 0.306 e. The Hall–Kier alpha value is -4.24. The number of hydrogen-bond donors (Lipinski definition) is 1. The summed E-state index contributed by atoms with van der Waals surface area (Å²) in [5.41, 5.74) is 4.90. The number of carbonyl (C=O) groups is 1. The highest BCUT2D eigenvalue weighted by atomic mass is 16.5. The van der Waals surface area contributed by atoms with Gasteiger partial charge in [-0.05, 0) is 42.0 Å². The summed E-state index contributed by atoms with van der Waals surface area (Å²) in [6.45, 7) is 0.892. The van der Waals surface area contributed by atoms with E-state index in [1.54, 1.807) is 6.20 Å². The van der Waals surface area contributed by atoms with E-state index >= 15 is 0 Å². The molecule has 0 saturated heterocycles. The van der Waals surface area contributed by atoms with Gasteiger partial charge in [0.25, 0.3) is 0 Å². The van der Waals surface area contributed by atoms with E-state index in [0.717, 1.165) is 44.7 Å². The van der Waals surface area contributed by atoms with Crippen LogP contribution in [-0.2, 0) is 16.1 Å². The van der Waals surface area contributed by atoms with Crippen molar-refractivity contribution < 1.29 is 19.0 Å². The maximum Gasteiger partial charge on any atom is 0.306 e. The molecule has 5 rings (SSSR count). The van der Waals surface area contributed by atoms with Crippen LogP contribution in [0.5, 0.6) is 11.5 Å². The first kappa shape index (κ1) is 20.7. The third kappa shape index (κ3) is 4.68. The Morgan fingerprint density at radius 2 is 2.00 bits per heavy atom. The Bertz CT molecular complexity index is 1380. The lowest BCUT2D eigenvalue weighted by Gasteiger charge is -2.09. The summed E-state index contributed by atoms with van der Waals surface area (Å²) in [7, 11) is 1.40. The van der Waals surface area contributed by atoms with Gasteiger partial charge in [0.1, 0.15) is 18.1 Å². The van der Waals surface area contributed by atoms with Crippen molar-refractivity contribution >= 4 is 16.9 Å². The molecule has 0 amide bonds. The Morgan fingerprint density at radius 1 is 1.12 bits per heavy atom. The molecule has 1 aromatic heterocycles. The molecule has 1 N–H and O–H groups in total. The summed E-state index contributed by atoms with van der Waals surface area (Å²) in [4.78, 5) is 11.6. The summed E-state index contributed by atoms with van der Waals surface area (Å²) in [5.74, 6) is 7.70. The van der Waals surface area contributed by atoms with E-state index in [4.69, 9.17) is 14.2 Å². The van der Waals surface area contributed by atoms with Crippen LogP contribution in [0.4, 0.5) is 0 Å². The molecule has 0 fully saturated rings. The molecule has 1 aliphatic heterocycles. The number of methoxy groups -OCH3 is 1. The predicted molar refractivity (Wildman–Crippen MR) is 124 cm³/mol. The standard InChI is InChI=1S/C27H22N2O4/c1-31-27(30)13-22-17-33-26-14-23(8-9-24(22)26)32-16-20-4-2-3-18(11-20)5-6-19-7-10-25-21(12-19)15-28-29-25/h2-4,7-12,14-15,22H,13,16-17H2,1H3,(H,28,29). The highest BCUT2D eigenvalue weighted by molar-refractivity contribution is 5.79. The average molecular weight is 438 g/mol. The Kier molecular flexibility index (Phi) is 5.69. The second-order valence-electron chi connectivity index (χ2n) is 7.90. The van der Waals surface area contributed by atoms with E-state index in [-0.39, 0.29) is 11.9 Å². The van der Waals surface area contributed by atoms with Crippen molar-refractivity contribution in [1.82, 2.24) is 10.2 Å². The van der Waals surface area contributed by atoms with Gasteiger partial charge >= 0.3 is 5.97 Å². The minimum Gasteiger partial charge on any atom is -0.492 e. The van der Waals surface area contributed by atoms with Gasteiger partial charge in [-0.2, -0.15) is 5.10 Å². The molecule has 0 bridgehead atoms. The molecule has 6 heteroatoms. The number of fused-ring (bicyclic) bond motifs is 2. The van der Waals surface area contributed by atoms with E-state index < -0.39 is 0 Å². The highest BCUT2D eigenvalue weighted by Gasteiger charge is 2.27. The second kappa shape index (κ2) is 9.09. The lowest BCUT2D eigenvalue weighted by Crippen LogP contribution is -2.09. The van der Waals surface area contributed by atoms with Crippen LogP contribution < -0.4 is 9.47 Å². The first-order valence-electron chi connectivity index (χ1n) is 10.7. The van der Waals surface area contributed by atoms with Crippen molar-refractivity contribution in [2.24, 2.45) is 0 Å². The molecule has 1 atom stereocenters. The van der Waals surface area contributed by atoms with E-state index in [0.29, 0.717) is 19.6 Å². The fraction of sp³-hybridized carbons (Fsp3) is 0.185. The third-order valence-electron chi connectivity index (χ3n) is 5.63. The van der Waals surface area contributed by atoms with Crippen molar-refractivity contribution in [2.45, 2.75) is 18.9 Å². The van der Waals surface area contributed by atoms with E-state index in [9.17, 15) is 4.79 Å². The number of ether oxygens (including phenoxy) is 3. The molecular formula is C27H22N2O4. The molecule has 0 aliphatic carbocycles. The number of aromatic amines is 1. The second-order valence-corrected chi connectivity index (χ2v) is 7.90. The van der Waals surface area contributed by atoms with E-state index in [1.165, 1.54) is 7.11 Å². The zero-order valence-corrected chi connectivity index (χ0v) is 18.1. The van der Waals surface area contributed by atoms with Crippen molar-refractivity contribution in [2.75, 3.05) is 13.7 Å². The number of nitrogens with one attached hydrogen (secondary N) is 1. The van der Waals surface area contributed by atoms with Gasteiger partial charge in [0.05, 0.1) is 31.9 Å². The number of benzene rings is 3. The highest BCUT2D eigenvalue weighted by Crippen LogP contribution is 2.38. The van der Waals surface area contributed by atoms with Crippen LogP contribution in [0.2, 0.25) is 0 Å². The molecular weight excluding hydrogens is 416 g/mol. The number of rotatable bonds is 5. The topological polar surface area (TPSA) is 73.4 Å². The minimum absolute atomic E-state index is 0.0194. The largest absolute Gasteiger partial charge is 0.492 e. The summed E-state index contributed by atoms with van der Waals surface area (Å²) < 4.78 is 16.5. The van der Waals surface area contributed by atoms with Gasteiger partial charge in [0.2, 0.25) is 0 Å². The molecule has 0 radical (unpaired) electrons. The lowest BCUT2D eigenvalue weighted by atomic mass is 9.98. The van der Waals surface area contributed by atoms with Crippen LogP contribution in [-0.4, -0.2) is 29.9 Å². The van der Waals surface area contributed by atoms with Crippen LogP contribution in [0.15, 0.2) is 66.9 Å². The molecule has 6 nitrogen and oxygen atoms in total. The van der Waals surface area contributed by atoms with E-state index in [2.05, 4.69) is 22.0 Å². The predicted octanol–water partition coefficient (Wildman–Crippen LogP) is 4.58. The van der Waals surface area contributed by atoms with Gasteiger partial charge in [-0.15, -0.1) is 0 Å². The summed E-state index contributed by atoms with van der Waals surface area (Å²) in [5, 5.41) is 8.03. The van der Waals surface area contributed by atoms with Crippen molar-refractivity contribution in [3.63, 3.8) is 0 Å². The molecule has 33 heavy (non-hydrogen) atoms. The monoisotopic (exact) mass is 438 g/mol. The Morgan fingerprint density at radius 3 is 2.88 bits per heavy atom.